The number of rotatable bonds is 6. The predicted molar refractivity (Wildman–Crippen MR) is 105 cm³/mol. The SMILES string of the molecule is CCc1ccccc1NC(=O)CN(C)C(=O)c1cnn(-c2ccccc2)c1. The van der Waals surface area contributed by atoms with E-state index < -0.39 is 0 Å². The summed E-state index contributed by atoms with van der Waals surface area (Å²) in [7, 11) is 1.60. The van der Waals surface area contributed by atoms with Crippen LogP contribution in [0, 0.1) is 0 Å². The summed E-state index contributed by atoms with van der Waals surface area (Å²) in [5.41, 5.74) is 3.14. The molecule has 0 saturated heterocycles. The number of benzene rings is 2. The summed E-state index contributed by atoms with van der Waals surface area (Å²) in [4.78, 5) is 26.3. The zero-order valence-electron chi connectivity index (χ0n) is 15.4. The van der Waals surface area contributed by atoms with Gasteiger partial charge in [0, 0.05) is 18.9 Å². The molecule has 0 aliphatic carbocycles. The Balaban J connectivity index is 1.64. The highest BCUT2D eigenvalue weighted by molar-refractivity contribution is 5.99. The highest BCUT2D eigenvalue weighted by Crippen LogP contribution is 2.15. The molecule has 3 aromatic rings. The molecule has 1 aromatic heterocycles. The zero-order valence-corrected chi connectivity index (χ0v) is 15.4. The van der Waals surface area contributed by atoms with Crippen LogP contribution in [0.3, 0.4) is 0 Å². The molecule has 0 fully saturated rings. The van der Waals surface area contributed by atoms with Crippen molar-refractivity contribution < 1.29 is 9.59 Å². The molecule has 3 rings (SSSR count). The van der Waals surface area contributed by atoms with Crippen LogP contribution in [-0.4, -0.2) is 40.1 Å². The molecule has 0 radical (unpaired) electrons. The third kappa shape index (κ3) is 4.41. The lowest BCUT2D eigenvalue weighted by atomic mass is 10.1. The van der Waals surface area contributed by atoms with Crippen molar-refractivity contribution in [3.05, 3.63) is 78.1 Å². The first-order valence-corrected chi connectivity index (χ1v) is 8.81. The lowest BCUT2D eigenvalue weighted by molar-refractivity contribution is -0.116. The van der Waals surface area contributed by atoms with E-state index in [1.807, 2.05) is 61.5 Å². The number of hydrogen-bond acceptors (Lipinski definition) is 3. The van der Waals surface area contributed by atoms with Crippen LogP contribution in [-0.2, 0) is 11.2 Å². The first kappa shape index (κ1) is 18.4. The van der Waals surface area contributed by atoms with Gasteiger partial charge in [-0.3, -0.25) is 9.59 Å². The van der Waals surface area contributed by atoms with Crippen LogP contribution < -0.4 is 5.32 Å². The number of aromatic nitrogens is 2. The van der Waals surface area contributed by atoms with E-state index >= 15 is 0 Å². The molecule has 138 valence electrons. The van der Waals surface area contributed by atoms with Gasteiger partial charge >= 0.3 is 0 Å². The molecule has 1 N–H and O–H groups in total. The van der Waals surface area contributed by atoms with Crippen LogP contribution in [0.5, 0.6) is 0 Å². The second-order valence-electron chi connectivity index (χ2n) is 6.23. The molecule has 27 heavy (non-hydrogen) atoms. The minimum atomic E-state index is -0.254. The number of nitrogens with one attached hydrogen (secondary N) is 1. The van der Waals surface area contributed by atoms with E-state index in [1.54, 1.807) is 17.9 Å². The number of aryl methyl sites for hydroxylation is 1. The lowest BCUT2D eigenvalue weighted by Gasteiger charge is -2.17. The monoisotopic (exact) mass is 362 g/mol. The van der Waals surface area contributed by atoms with Crippen molar-refractivity contribution >= 4 is 17.5 Å². The minimum absolute atomic E-state index is 0.0343. The largest absolute Gasteiger partial charge is 0.332 e. The Labute approximate surface area is 158 Å². The van der Waals surface area contributed by atoms with Gasteiger partial charge in [-0.2, -0.15) is 5.10 Å². The van der Waals surface area contributed by atoms with E-state index in [1.165, 1.54) is 11.1 Å². The van der Waals surface area contributed by atoms with Crippen molar-refractivity contribution in [3.8, 4) is 5.69 Å². The van der Waals surface area contributed by atoms with E-state index in [-0.39, 0.29) is 18.4 Å². The Morgan fingerprint density at radius 1 is 1.07 bits per heavy atom. The summed E-state index contributed by atoms with van der Waals surface area (Å²) >= 11 is 0. The number of para-hydroxylation sites is 2. The fourth-order valence-electron chi connectivity index (χ4n) is 2.80. The van der Waals surface area contributed by atoms with Gasteiger partial charge in [0.05, 0.1) is 24.0 Å². The molecule has 0 unspecified atom stereocenters. The van der Waals surface area contributed by atoms with Crippen molar-refractivity contribution in [2.45, 2.75) is 13.3 Å². The topological polar surface area (TPSA) is 67.2 Å². The molecule has 0 atom stereocenters. The Hall–Kier alpha value is -3.41. The number of hydrogen-bond donors (Lipinski definition) is 1. The number of amides is 2. The number of carbonyl (C=O) groups is 2. The molecule has 0 aliphatic heterocycles. The molecular weight excluding hydrogens is 340 g/mol. The summed E-state index contributed by atoms with van der Waals surface area (Å²) in [5.74, 6) is -0.488. The van der Waals surface area contributed by atoms with Crippen LogP contribution in [0.15, 0.2) is 67.0 Å². The van der Waals surface area contributed by atoms with Crippen LogP contribution in [0.25, 0.3) is 5.69 Å². The molecule has 0 saturated carbocycles. The molecule has 0 spiro atoms. The second-order valence-corrected chi connectivity index (χ2v) is 6.23. The molecular formula is C21H22N4O2. The standard InChI is InChI=1S/C21H22N4O2/c1-3-16-9-7-8-12-19(16)23-20(26)15-24(2)21(27)17-13-22-25(14-17)18-10-5-4-6-11-18/h4-14H,3,15H2,1-2H3,(H,23,26). The molecule has 6 nitrogen and oxygen atoms in total. The summed E-state index contributed by atoms with van der Waals surface area (Å²) < 4.78 is 1.64. The summed E-state index contributed by atoms with van der Waals surface area (Å²) in [5, 5.41) is 7.10. The number of likely N-dealkylation sites (N-methyl/N-ethyl adjacent to an activating group) is 1. The normalized spacial score (nSPS) is 10.4. The highest BCUT2D eigenvalue weighted by Gasteiger charge is 2.17. The highest BCUT2D eigenvalue weighted by atomic mass is 16.2. The molecule has 6 heteroatoms. The average Bonchev–Trinajstić information content (AvgIpc) is 3.18. The van der Waals surface area contributed by atoms with Crippen LogP contribution >= 0.6 is 0 Å². The van der Waals surface area contributed by atoms with Crippen molar-refractivity contribution in [1.82, 2.24) is 14.7 Å². The zero-order chi connectivity index (χ0) is 19.2. The molecule has 2 aromatic carbocycles. The lowest BCUT2D eigenvalue weighted by Crippen LogP contribution is -2.34. The van der Waals surface area contributed by atoms with E-state index in [4.69, 9.17) is 0 Å². The maximum atomic E-state index is 12.6. The van der Waals surface area contributed by atoms with Crippen LogP contribution in [0.4, 0.5) is 5.69 Å². The fraction of sp³-hybridized carbons (Fsp3) is 0.190. The van der Waals surface area contributed by atoms with E-state index in [0.717, 1.165) is 23.4 Å². The van der Waals surface area contributed by atoms with Gasteiger partial charge in [-0.15, -0.1) is 0 Å². The van der Waals surface area contributed by atoms with Crippen LogP contribution in [0.1, 0.15) is 22.8 Å². The summed E-state index contributed by atoms with van der Waals surface area (Å²) in [6.07, 6.45) is 4.00. The molecule has 2 amide bonds. The van der Waals surface area contributed by atoms with E-state index in [0.29, 0.717) is 5.56 Å². The number of anilines is 1. The molecule has 0 aliphatic rings. The van der Waals surface area contributed by atoms with Gasteiger partial charge in [0.15, 0.2) is 0 Å². The van der Waals surface area contributed by atoms with Gasteiger partial charge < -0.3 is 10.2 Å². The van der Waals surface area contributed by atoms with Crippen molar-refractivity contribution in [2.75, 3.05) is 18.9 Å². The van der Waals surface area contributed by atoms with Gasteiger partial charge in [-0.25, -0.2) is 4.68 Å². The van der Waals surface area contributed by atoms with Crippen molar-refractivity contribution in [3.63, 3.8) is 0 Å². The molecule has 1 heterocycles. The predicted octanol–water partition coefficient (Wildman–Crippen LogP) is 3.15. The third-order valence-electron chi connectivity index (χ3n) is 4.25. The maximum absolute atomic E-state index is 12.6. The minimum Gasteiger partial charge on any atom is -0.332 e. The van der Waals surface area contributed by atoms with Crippen molar-refractivity contribution in [2.24, 2.45) is 0 Å². The number of carbonyl (C=O) groups excluding carboxylic acids is 2. The fourth-order valence-corrected chi connectivity index (χ4v) is 2.80. The van der Waals surface area contributed by atoms with Gasteiger partial charge in [0.2, 0.25) is 5.91 Å². The van der Waals surface area contributed by atoms with Gasteiger partial charge in [-0.1, -0.05) is 43.3 Å². The number of nitrogens with zero attached hydrogens (tertiary/aromatic N) is 3. The maximum Gasteiger partial charge on any atom is 0.257 e. The van der Waals surface area contributed by atoms with E-state index in [9.17, 15) is 9.59 Å². The quantitative estimate of drug-likeness (QED) is 0.732. The third-order valence-corrected chi connectivity index (χ3v) is 4.25. The first-order chi connectivity index (χ1) is 13.1. The smallest absolute Gasteiger partial charge is 0.257 e. The molecule has 0 bridgehead atoms. The summed E-state index contributed by atoms with van der Waals surface area (Å²) in [6.45, 7) is 2.00. The van der Waals surface area contributed by atoms with Crippen molar-refractivity contribution in [1.29, 1.82) is 0 Å². The van der Waals surface area contributed by atoms with Gasteiger partial charge in [0.25, 0.3) is 5.91 Å². The Kier molecular flexibility index (Phi) is 5.66. The second kappa shape index (κ2) is 8.31. The Morgan fingerprint density at radius 2 is 1.78 bits per heavy atom. The van der Waals surface area contributed by atoms with Gasteiger partial charge in [0.1, 0.15) is 0 Å². The first-order valence-electron chi connectivity index (χ1n) is 8.81. The van der Waals surface area contributed by atoms with E-state index in [2.05, 4.69) is 10.4 Å². The Bertz CT molecular complexity index is 934. The van der Waals surface area contributed by atoms with Gasteiger partial charge in [-0.05, 0) is 30.2 Å². The average molecular weight is 362 g/mol. The Morgan fingerprint density at radius 3 is 2.52 bits per heavy atom. The van der Waals surface area contributed by atoms with Crippen LogP contribution in [0.2, 0.25) is 0 Å². The summed E-state index contributed by atoms with van der Waals surface area (Å²) in [6, 6.07) is 17.2.